The monoisotopic (exact) mass is 272 g/mol. The first-order valence-electron chi connectivity index (χ1n) is 5.96. The minimum absolute atomic E-state index is 0.119. The Morgan fingerprint density at radius 2 is 2.16 bits per heavy atom. The predicted octanol–water partition coefficient (Wildman–Crippen LogP) is -2.29. The van der Waals surface area contributed by atoms with E-state index in [1.165, 1.54) is 6.20 Å². The zero-order valence-corrected chi connectivity index (χ0v) is 10.2. The van der Waals surface area contributed by atoms with Gasteiger partial charge in [-0.25, -0.2) is 4.79 Å². The van der Waals surface area contributed by atoms with Gasteiger partial charge in [-0.1, -0.05) is 0 Å². The van der Waals surface area contributed by atoms with E-state index >= 15 is 0 Å². The van der Waals surface area contributed by atoms with Crippen LogP contribution in [0.25, 0.3) is 0 Å². The highest BCUT2D eigenvalue weighted by molar-refractivity contribution is 5.05. The molecule has 8 nitrogen and oxygen atoms in total. The van der Waals surface area contributed by atoms with Crippen LogP contribution in [0.4, 0.5) is 0 Å². The fourth-order valence-corrected chi connectivity index (χ4v) is 2.09. The number of nitrogens with zero attached hydrogens (tertiary/aromatic N) is 1. The van der Waals surface area contributed by atoms with E-state index < -0.39 is 29.7 Å². The van der Waals surface area contributed by atoms with Crippen LogP contribution in [0, 0.1) is 0 Å². The average molecular weight is 272 g/mol. The summed E-state index contributed by atoms with van der Waals surface area (Å²) in [6.45, 7) is -0.562. The first kappa shape index (κ1) is 13.9. The van der Waals surface area contributed by atoms with E-state index in [0.717, 1.165) is 4.57 Å². The molecular formula is C11H16N2O6. The quantitative estimate of drug-likeness (QED) is 0.489. The Hall–Kier alpha value is -1.48. The van der Waals surface area contributed by atoms with Crippen molar-refractivity contribution in [3.05, 3.63) is 32.6 Å². The molecule has 0 amide bonds. The lowest BCUT2D eigenvalue weighted by molar-refractivity contribution is -0.0460. The summed E-state index contributed by atoms with van der Waals surface area (Å²) in [6.07, 6.45) is -0.771. The predicted molar refractivity (Wildman–Crippen MR) is 63.7 cm³/mol. The summed E-state index contributed by atoms with van der Waals surface area (Å²) in [5, 5.41) is 27.5. The number of rotatable bonds is 4. The van der Waals surface area contributed by atoms with Gasteiger partial charge in [-0.05, 0) is 0 Å². The highest BCUT2D eigenvalue weighted by Gasteiger charge is 2.35. The molecule has 0 bridgehead atoms. The third kappa shape index (κ3) is 2.76. The molecule has 19 heavy (non-hydrogen) atoms. The van der Waals surface area contributed by atoms with Gasteiger partial charge in [0.05, 0.1) is 12.7 Å². The lowest BCUT2D eigenvalue weighted by atomic mass is 10.2. The molecule has 1 aromatic rings. The van der Waals surface area contributed by atoms with Crippen LogP contribution in [-0.2, 0) is 11.2 Å². The van der Waals surface area contributed by atoms with Gasteiger partial charge in [0.1, 0.15) is 12.3 Å². The number of hydrogen-bond donors (Lipinski definition) is 4. The maximum atomic E-state index is 11.7. The van der Waals surface area contributed by atoms with Gasteiger partial charge in [-0.2, -0.15) is 0 Å². The van der Waals surface area contributed by atoms with Crippen molar-refractivity contribution < 1.29 is 20.1 Å². The molecule has 106 valence electrons. The van der Waals surface area contributed by atoms with Crippen molar-refractivity contribution in [3.8, 4) is 0 Å². The fraction of sp³-hybridized carbons (Fsp3) is 0.636. The lowest BCUT2D eigenvalue weighted by Crippen LogP contribution is -2.34. The fourth-order valence-electron chi connectivity index (χ4n) is 2.09. The van der Waals surface area contributed by atoms with Crippen molar-refractivity contribution in [1.29, 1.82) is 0 Å². The maximum absolute atomic E-state index is 11.7. The Balaban J connectivity index is 2.33. The van der Waals surface area contributed by atoms with Crippen molar-refractivity contribution in [3.63, 3.8) is 0 Å². The molecule has 3 atom stereocenters. The molecule has 1 aliphatic heterocycles. The van der Waals surface area contributed by atoms with Gasteiger partial charge in [-0.3, -0.25) is 14.3 Å². The first-order chi connectivity index (χ1) is 9.06. The zero-order valence-electron chi connectivity index (χ0n) is 10.2. The molecule has 1 saturated heterocycles. The molecule has 8 heteroatoms. The summed E-state index contributed by atoms with van der Waals surface area (Å²) in [6, 6.07) is 0. The maximum Gasteiger partial charge on any atom is 0.330 e. The number of H-pyrrole nitrogens is 1. The Kier molecular flexibility index (Phi) is 4.15. The van der Waals surface area contributed by atoms with E-state index in [1.807, 2.05) is 0 Å². The molecule has 1 fully saturated rings. The molecule has 1 aliphatic rings. The van der Waals surface area contributed by atoms with Gasteiger partial charge < -0.3 is 20.1 Å². The zero-order chi connectivity index (χ0) is 14.0. The molecule has 0 aliphatic carbocycles. The van der Waals surface area contributed by atoms with E-state index in [2.05, 4.69) is 4.98 Å². The Bertz CT molecular complexity index is 551. The van der Waals surface area contributed by atoms with Crippen LogP contribution in [0.15, 0.2) is 15.8 Å². The first-order valence-corrected chi connectivity index (χ1v) is 5.96. The summed E-state index contributed by atoms with van der Waals surface area (Å²) in [5.74, 6) is 0. The van der Waals surface area contributed by atoms with Crippen LogP contribution in [0.1, 0.15) is 18.2 Å². The van der Waals surface area contributed by atoms with E-state index in [1.54, 1.807) is 0 Å². The van der Waals surface area contributed by atoms with Crippen molar-refractivity contribution in [1.82, 2.24) is 9.55 Å². The van der Waals surface area contributed by atoms with Crippen molar-refractivity contribution in [2.24, 2.45) is 0 Å². The second-order valence-corrected chi connectivity index (χ2v) is 4.41. The van der Waals surface area contributed by atoms with Crippen molar-refractivity contribution in [2.45, 2.75) is 31.3 Å². The molecule has 2 rings (SSSR count). The van der Waals surface area contributed by atoms with E-state index in [-0.39, 0.29) is 31.6 Å². The molecule has 0 radical (unpaired) electrons. The second kappa shape index (κ2) is 5.66. The van der Waals surface area contributed by atoms with E-state index in [9.17, 15) is 14.7 Å². The van der Waals surface area contributed by atoms with E-state index in [4.69, 9.17) is 14.9 Å². The highest BCUT2D eigenvalue weighted by atomic mass is 16.5. The summed E-state index contributed by atoms with van der Waals surface area (Å²) in [4.78, 5) is 25.3. The van der Waals surface area contributed by atoms with Crippen molar-refractivity contribution in [2.75, 3.05) is 13.2 Å². The number of aromatic nitrogens is 2. The van der Waals surface area contributed by atoms with Crippen LogP contribution >= 0.6 is 0 Å². The van der Waals surface area contributed by atoms with Gasteiger partial charge in [0, 0.05) is 31.2 Å². The second-order valence-electron chi connectivity index (χ2n) is 4.41. The SMILES string of the molecule is O=c1[nH]c(=O)n([C@H]2C[C@H](O)[C@@H](CO)O2)cc1CCO. The van der Waals surface area contributed by atoms with Crippen LogP contribution < -0.4 is 11.2 Å². The number of aliphatic hydroxyl groups excluding tert-OH is 3. The van der Waals surface area contributed by atoms with Crippen LogP contribution in [0.5, 0.6) is 0 Å². The Morgan fingerprint density at radius 3 is 2.74 bits per heavy atom. The molecule has 0 unspecified atom stereocenters. The van der Waals surface area contributed by atoms with Gasteiger partial charge >= 0.3 is 5.69 Å². The standard InChI is InChI=1S/C11H16N2O6/c14-2-1-6-4-13(11(18)12-10(6)17)9-3-7(16)8(5-15)19-9/h4,7-9,14-16H,1-3,5H2,(H,12,17,18)/t7-,8+,9+/m0/s1. The average Bonchev–Trinajstić information content (AvgIpc) is 2.74. The smallest absolute Gasteiger partial charge is 0.330 e. The normalized spacial score (nSPS) is 26.8. The van der Waals surface area contributed by atoms with Gasteiger partial charge in [0.2, 0.25) is 0 Å². The van der Waals surface area contributed by atoms with Gasteiger partial charge in [0.25, 0.3) is 5.56 Å². The molecule has 0 aromatic carbocycles. The summed E-state index contributed by atoms with van der Waals surface area (Å²) < 4.78 is 6.50. The molecule has 2 heterocycles. The summed E-state index contributed by atoms with van der Waals surface area (Å²) in [7, 11) is 0. The number of nitrogens with one attached hydrogen (secondary N) is 1. The van der Waals surface area contributed by atoms with Gasteiger partial charge in [0.15, 0.2) is 0 Å². The third-order valence-electron chi connectivity index (χ3n) is 3.12. The Morgan fingerprint density at radius 1 is 1.42 bits per heavy atom. The van der Waals surface area contributed by atoms with Crippen LogP contribution in [-0.4, -0.2) is 50.3 Å². The molecule has 1 aromatic heterocycles. The topological polar surface area (TPSA) is 125 Å². The molecule has 0 saturated carbocycles. The number of aromatic amines is 1. The summed E-state index contributed by atoms with van der Waals surface area (Å²) in [5.41, 5.74) is -0.942. The number of hydrogen-bond acceptors (Lipinski definition) is 6. The van der Waals surface area contributed by atoms with Crippen LogP contribution in [0.3, 0.4) is 0 Å². The van der Waals surface area contributed by atoms with E-state index in [0.29, 0.717) is 0 Å². The largest absolute Gasteiger partial charge is 0.396 e. The Labute approximate surface area is 107 Å². The highest BCUT2D eigenvalue weighted by Crippen LogP contribution is 2.27. The van der Waals surface area contributed by atoms with Crippen molar-refractivity contribution >= 4 is 0 Å². The lowest BCUT2D eigenvalue weighted by Gasteiger charge is -2.15. The third-order valence-corrected chi connectivity index (χ3v) is 3.12. The summed E-state index contributed by atoms with van der Waals surface area (Å²) >= 11 is 0. The minimum Gasteiger partial charge on any atom is -0.396 e. The van der Waals surface area contributed by atoms with Gasteiger partial charge in [-0.15, -0.1) is 0 Å². The minimum atomic E-state index is -0.866. The molecule has 4 N–H and O–H groups in total. The number of aliphatic hydroxyl groups is 3. The number of ether oxygens (including phenoxy) is 1. The molecular weight excluding hydrogens is 256 g/mol. The molecule has 0 spiro atoms. The van der Waals surface area contributed by atoms with Crippen LogP contribution in [0.2, 0.25) is 0 Å².